The molecule has 0 aliphatic carbocycles. The van der Waals surface area contributed by atoms with Crippen LogP contribution in [0.15, 0.2) is 70.7 Å². The van der Waals surface area contributed by atoms with Crippen LogP contribution < -0.4 is 5.73 Å². The molecule has 29 heavy (non-hydrogen) atoms. The molecule has 1 fully saturated rings. The number of rotatable bonds is 6. The number of amides is 1. The lowest BCUT2D eigenvalue weighted by atomic mass is 9.73. The summed E-state index contributed by atoms with van der Waals surface area (Å²) < 4.78 is 7.59. The molecule has 6 heteroatoms. The molecule has 4 rings (SSSR count). The van der Waals surface area contributed by atoms with Gasteiger partial charge in [-0.1, -0.05) is 36.0 Å². The molecule has 0 saturated carbocycles. The van der Waals surface area contributed by atoms with Crippen LogP contribution in [-0.2, 0) is 21.5 Å². The van der Waals surface area contributed by atoms with Crippen molar-refractivity contribution in [1.29, 1.82) is 0 Å². The Hall–Kier alpha value is -2.57. The molecule has 3 aromatic rings. The summed E-state index contributed by atoms with van der Waals surface area (Å²) in [6, 6.07) is 16.8. The van der Waals surface area contributed by atoms with E-state index in [0.717, 1.165) is 27.7 Å². The average Bonchev–Trinajstić information content (AvgIpc) is 3.14. The maximum absolute atomic E-state index is 12.3. The zero-order chi connectivity index (χ0) is 20.3. The van der Waals surface area contributed by atoms with Gasteiger partial charge in [-0.05, 0) is 55.2 Å². The van der Waals surface area contributed by atoms with Gasteiger partial charge < -0.3 is 15.0 Å². The quantitative estimate of drug-likeness (QED) is 0.672. The number of nitrogens with zero attached hydrogens (tertiary/aromatic N) is 2. The summed E-state index contributed by atoms with van der Waals surface area (Å²) in [7, 11) is 0. The molecular formula is C23H25N3O2S. The lowest BCUT2D eigenvalue weighted by Crippen LogP contribution is -2.45. The molecule has 1 aromatic heterocycles. The number of carbonyl (C=O) groups is 1. The Labute approximate surface area is 175 Å². The van der Waals surface area contributed by atoms with Gasteiger partial charge in [0.1, 0.15) is 5.82 Å². The molecule has 150 valence electrons. The molecule has 2 heterocycles. The molecule has 1 aliphatic heterocycles. The molecule has 1 amide bonds. The SMILES string of the molecule is Cc1nccn1Cc1ccc(Sc2cccc(C3(C(N)=O)CCOCC3)c2)cc1. The molecular weight excluding hydrogens is 382 g/mol. The van der Waals surface area contributed by atoms with Crippen LogP contribution in [0.1, 0.15) is 29.8 Å². The molecule has 2 N–H and O–H groups in total. The first-order chi connectivity index (χ1) is 14.1. The maximum Gasteiger partial charge on any atom is 0.228 e. The summed E-state index contributed by atoms with van der Waals surface area (Å²) in [6.07, 6.45) is 5.09. The monoisotopic (exact) mass is 407 g/mol. The first-order valence-electron chi connectivity index (χ1n) is 9.79. The minimum absolute atomic E-state index is 0.262. The van der Waals surface area contributed by atoms with Crippen molar-refractivity contribution in [1.82, 2.24) is 9.55 Å². The van der Waals surface area contributed by atoms with E-state index in [1.54, 1.807) is 11.8 Å². The summed E-state index contributed by atoms with van der Waals surface area (Å²) in [5.74, 6) is 0.749. The number of benzene rings is 2. The van der Waals surface area contributed by atoms with E-state index in [-0.39, 0.29) is 5.91 Å². The highest BCUT2D eigenvalue weighted by Gasteiger charge is 2.40. The molecule has 2 aromatic carbocycles. The Morgan fingerprint density at radius 3 is 2.59 bits per heavy atom. The van der Waals surface area contributed by atoms with Gasteiger partial charge in [0.25, 0.3) is 0 Å². The predicted octanol–water partition coefficient (Wildman–Crippen LogP) is 3.92. The van der Waals surface area contributed by atoms with Crippen LogP contribution in [0.25, 0.3) is 0 Å². The van der Waals surface area contributed by atoms with E-state index in [9.17, 15) is 4.79 Å². The number of aromatic nitrogens is 2. The van der Waals surface area contributed by atoms with Crippen molar-refractivity contribution in [2.75, 3.05) is 13.2 Å². The van der Waals surface area contributed by atoms with Gasteiger partial charge in [-0.3, -0.25) is 4.79 Å². The van der Waals surface area contributed by atoms with Crippen molar-refractivity contribution in [2.24, 2.45) is 5.73 Å². The predicted molar refractivity (Wildman–Crippen MR) is 114 cm³/mol. The number of aryl methyl sites for hydroxylation is 1. The van der Waals surface area contributed by atoms with Crippen LogP contribution in [0.4, 0.5) is 0 Å². The molecule has 0 radical (unpaired) electrons. The molecule has 0 unspecified atom stereocenters. The minimum Gasteiger partial charge on any atom is -0.381 e. The molecule has 0 spiro atoms. The van der Waals surface area contributed by atoms with Crippen LogP contribution in [0.5, 0.6) is 0 Å². The average molecular weight is 408 g/mol. The van der Waals surface area contributed by atoms with Gasteiger partial charge in [-0.25, -0.2) is 4.98 Å². The summed E-state index contributed by atoms with van der Waals surface area (Å²) in [4.78, 5) is 18.8. The molecule has 0 bridgehead atoms. The lowest BCUT2D eigenvalue weighted by molar-refractivity contribution is -0.127. The third-order valence-corrected chi connectivity index (χ3v) is 6.64. The first kappa shape index (κ1) is 19.7. The highest BCUT2D eigenvalue weighted by molar-refractivity contribution is 7.99. The van der Waals surface area contributed by atoms with Crippen LogP contribution in [0.2, 0.25) is 0 Å². The summed E-state index contributed by atoms with van der Waals surface area (Å²) in [5.41, 5.74) is 7.41. The van der Waals surface area contributed by atoms with Crippen molar-refractivity contribution < 1.29 is 9.53 Å². The molecule has 1 aliphatic rings. The zero-order valence-corrected chi connectivity index (χ0v) is 17.3. The van der Waals surface area contributed by atoms with Crippen molar-refractivity contribution in [2.45, 2.75) is 41.5 Å². The van der Waals surface area contributed by atoms with Gasteiger partial charge in [0, 0.05) is 41.9 Å². The third kappa shape index (κ3) is 4.23. The van der Waals surface area contributed by atoms with Gasteiger partial charge in [0.15, 0.2) is 0 Å². The highest BCUT2D eigenvalue weighted by atomic mass is 32.2. The van der Waals surface area contributed by atoms with E-state index in [1.807, 2.05) is 31.5 Å². The van der Waals surface area contributed by atoms with Crippen molar-refractivity contribution in [3.05, 3.63) is 77.9 Å². The van der Waals surface area contributed by atoms with E-state index < -0.39 is 5.41 Å². The Morgan fingerprint density at radius 1 is 1.17 bits per heavy atom. The first-order valence-corrected chi connectivity index (χ1v) is 10.6. The van der Waals surface area contributed by atoms with Crippen LogP contribution in [-0.4, -0.2) is 28.7 Å². The van der Waals surface area contributed by atoms with Crippen molar-refractivity contribution >= 4 is 17.7 Å². The van der Waals surface area contributed by atoms with Gasteiger partial charge in [0.2, 0.25) is 5.91 Å². The van der Waals surface area contributed by atoms with Crippen molar-refractivity contribution in [3.8, 4) is 0 Å². The number of carbonyl (C=O) groups excluding carboxylic acids is 1. The second-order valence-corrected chi connectivity index (χ2v) is 8.58. The van der Waals surface area contributed by atoms with Crippen LogP contribution in [0, 0.1) is 6.92 Å². The summed E-state index contributed by atoms with van der Waals surface area (Å²) in [5, 5.41) is 0. The fourth-order valence-electron chi connectivity index (χ4n) is 3.82. The van der Waals surface area contributed by atoms with Gasteiger partial charge in [-0.15, -0.1) is 0 Å². The zero-order valence-electron chi connectivity index (χ0n) is 16.5. The second-order valence-electron chi connectivity index (χ2n) is 7.43. The topological polar surface area (TPSA) is 70.1 Å². The van der Waals surface area contributed by atoms with Gasteiger partial charge >= 0.3 is 0 Å². The number of primary amides is 1. The molecule has 5 nitrogen and oxygen atoms in total. The molecule has 1 saturated heterocycles. The lowest BCUT2D eigenvalue weighted by Gasteiger charge is -2.34. The fourth-order valence-corrected chi connectivity index (χ4v) is 4.70. The van der Waals surface area contributed by atoms with Gasteiger partial charge in [0.05, 0.1) is 5.41 Å². The van der Waals surface area contributed by atoms with E-state index in [4.69, 9.17) is 10.5 Å². The fraction of sp³-hybridized carbons (Fsp3) is 0.304. The highest BCUT2D eigenvalue weighted by Crippen LogP contribution is 2.37. The summed E-state index contributed by atoms with van der Waals surface area (Å²) in [6.45, 7) is 3.96. The minimum atomic E-state index is -0.624. The Kier molecular flexibility index (Phi) is 5.74. The van der Waals surface area contributed by atoms with Gasteiger partial charge in [-0.2, -0.15) is 0 Å². The third-order valence-electron chi connectivity index (χ3n) is 5.64. The molecule has 0 atom stereocenters. The number of nitrogens with two attached hydrogens (primary N) is 1. The van der Waals surface area contributed by atoms with Crippen LogP contribution >= 0.6 is 11.8 Å². The van der Waals surface area contributed by atoms with E-state index in [0.29, 0.717) is 26.1 Å². The smallest absolute Gasteiger partial charge is 0.228 e. The summed E-state index contributed by atoms with van der Waals surface area (Å²) >= 11 is 1.69. The largest absolute Gasteiger partial charge is 0.381 e. The Balaban J connectivity index is 1.50. The Morgan fingerprint density at radius 2 is 1.93 bits per heavy atom. The van der Waals surface area contributed by atoms with Crippen molar-refractivity contribution in [3.63, 3.8) is 0 Å². The Bertz CT molecular complexity index is 991. The van der Waals surface area contributed by atoms with Crippen LogP contribution in [0.3, 0.4) is 0 Å². The standard InChI is InChI=1S/C23H25N3O2S/c1-17-25-11-12-26(17)16-18-5-7-20(8-6-18)29-21-4-2-3-19(15-21)23(22(24)27)9-13-28-14-10-23/h2-8,11-12,15H,9-10,13-14,16H2,1H3,(H2,24,27). The number of hydrogen-bond acceptors (Lipinski definition) is 4. The second kappa shape index (κ2) is 8.43. The van der Waals surface area contributed by atoms with E-state index in [2.05, 4.69) is 45.9 Å². The number of hydrogen-bond donors (Lipinski definition) is 1. The maximum atomic E-state index is 12.3. The normalized spacial score (nSPS) is 15.9. The van der Waals surface area contributed by atoms with E-state index in [1.165, 1.54) is 5.56 Å². The number of imidazole rings is 1. The van der Waals surface area contributed by atoms with E-state index >= 15 is 0 Å². The number of ether oxygens (including phenoxy) is 1.